The fraction of sp³-hybridized carbons (Fsp3) is 0.583. The van der Waals surface area contributed by atoms with Gasteiger partial charge in [0.2, 0.25) is 5.88 Å². The van der Waals surface area contributed by atoms with Gasteiger partial charge in [0.05, 0.1) is 7.11 Å². The van der Waals surface area contributed by atoms with Crippen molar-refractivity contribution in [2.45, 2.75) is 32.4 Å². The second kappa shape index (κ2) is 6.21. The molecule has 0 unspecified atom stereocenters. The number of nitrogens with one attached hydrogen (secondary N) is 1. The van der Waals surface area contributed by atoms with Gasteiger partial charge in [-0.3, -0.25) is 0 Å². The molecule has 1 N–H and O–H groups in total. The van der Waals surface area contributed by atoms with E-state index in [4.69, 9.17) is 4.74 Å². The van der Waals surface area contributed by atoms with Crippen molar-refractivity contribution in [3.63, 3.8) is 0 Å². The monoisotopic (exact) mass is 286 g/mol. The minimum atomic E-state index is 0.115. The lowest BCUT2D eigenvalue weighted by Crippen LogP contribution is -2.39. The summed E-state index contributed by atoms with van der Waals surface area (Å²) in [5, 5.41) is 4.50. The lowest BCUT2D eigenvalue weighted by atomic mass is 10.0. The summed E-state index contributed by atoms with van der Waals surface area (Å²) in [5.41, 5.74) is 1.21. The van der Waals surface area contributed by atoms with E-state index in [1.165, 1.54) is 0 Å². The molecule has 0 amide bonds. The van der Waals surface area contributed by atoms with E-state index < -0.39 is 0 Å². The molecule has 4 heteroatoms. The number of hydrogen-bond acceptors (Lipinski definition) is 3. The molecule has 1 heterocycles. The maximum atomic E-state index is 5.21. The average molecular weight is 287 g/mol. The normalized spacial score (nSPS) is 11.5. The van der Waals surface area contributed by atoms with Crippen molar-refractivity contribution in [3.05, 3.63) is 23.9 Å². The molecule has 0 bridgehead atoms. The first kappa shape index (κ1) is 13.5. The SMILES string of the molecule is COc1ncccc1CNC(C)(C)CCBr. The van der Waals surface area contributed by atoms with Gasteiger partial charge in [0.1, 0.15) is 0 Å². The van der Waals surface area contributed by atoms with E-state index >= 15 is 0 Å². The molecule has 0 aliphatic carbocycles. The summed E-state index contributed by atoms with van der Waals surface area (Å²) >= 11 is 3.46. The summed E-state index contributed by atoms with van der Waals surface area (Å²) in [6, 6.07) is 3.96. The van der Waals surface area contributed by atoms with Gasteiger partial charge in [-0.15, -0.1) is 0 Å². The van der Waals surface area contributed by atoms with Crippen molar-refractivity contribution < 1.29 is 4.74 Å². The molecule has 0 spiro atoms. The third kappa shape index (κ3) is 4.10. The summed E-state index contributed by atoms with van der Waals surface area (Å²) in [7, 11) is 1.65. The minimum Gasteiger partial charge on any atom is -0.481 e. The van der Waals surface area contributed by atoms with E-state index in [2.05, 4.69) is 40.1 Å². The van der Waals surface area contributed by atoms with Crippen molar-refractivity contribution >= 4 is 15.9 Å². The number of aromatic nitrogens is 1. The second-order valence-corrected chi connectivity index (χ2v) is 5.14. The van der Waals surface area contributed by atoms with Gasteiger partial charge in [0, 0.05) is 29.2 Å². The molecule has 1 rings (SSSR count). The Balaban J connectivity index is 2.60. The Bertz CT molecular complexity index is 329. The fourth-order valence-corrected chi connectivity index (χ4v) is 2.39. The van der Waals surface area contributed by atoms with Gasteiger partial charge >= 0.3 is 0 Å². The summed E-state index contributed by atoms with van der Waals surface area (Å²) in [5.74, 6) is 0.699. The maximum Gasteiger partial charge on any atom is 0.217 e. The summed E-state index contributed by atoms with van der Waals surface area (Å²) in [6.45, 7) is 5.16. The first-order chi connectivity index (χ1) is 7.59. The van der Waals surface area contributed by atoms with Crippen molar-refractivity contribution in [1.29, 1.82) is 0 Å². The molecule has 3 nitrogen and oxygen atoms in total. The molecule has 0 aromatic carbocycles. The van der Waals surface area contributed by atoms with E-state index in [0.717, 1.165) is 23.9 Å². The van der Waals surface area contributed by atoms with Crippen LogP contribution < -0.4 is 10.1 Å². The molecule has 0 radical (unpaired) electrons. The van der Waals surface area contributed by atoms with Crippen LogP contribution >= 0.6 is 15.9 Å². The van der Waals surface area contributed by atoms with Gasteiger partial charge in [-0.1, -0.05) is 22.0 Å². The lowest BCUT2D eigenvalue weighted by molar-refractivity contribution is 0.361. The zero-order valence-corrected chi connectivity index (χ0v) is 11.7. The molecule has 0 aliphatic heterocycles. The smallest absolute Gasteiger partial charge is 0.217 e. The predicted molar refractivity (Wildman–Crippen MR) is 70.1 cm³/mol. The minimum absolute atomic E-state index is 0.115. The molecule has 0 fully saturated rings. The Morgan fingerprint density at radius 1 is 1.50 bits per heavy atom. The van der Waals surface area contributed by atoms with E-state index in [-0.39, 0.29) is 5.54 Å². The van der Waals surface area contributed by atoms with Crippen LogP contribution in [0.5, 0.6) is 5.88 Å². The second-order valence-electron chi connectivity index (χ2n) is 4.35. The third-order valence-corrected chi connectivity index (χ3v) is 2.92. The van der Waals surface area contributed by atoms with Gasteiger partial charge in [-0.2, -0.15) is 0 Å². The summed E-state index contributed by atoms with van der Waals surface area (Å²) < 4.78 is 5.21. The van der Waals surface area contributed by atoms with Gasteiger partial charge in [0.15, 0.2) is 0 Å². The van der Waals surface area contributed by atoms with Crippen molar-refractivity contribution in [2.24, 2.45) is 0 Å². The highest BCUT2D eigenvalue weighted by atomic mass is 79.9. The Hall–Kier alpha value is -0.610. The molecule has 0 saturated carbocycles. The van der Waals surface area contributed by atoms with Gasteiger partial charge < -0.3 is 10.1 Å². The topological polar surface area (TPSA) is 34.1 Å². The van der Waals surface area contributed by atoms with Gasteiger partial charge in [-0.25, -0.2) is 4.98 Å². The maximum absolute atomic E-state index is 5.21. The number of methoxy groups -OCH3 is 1. The number of rotatable bonds is 6. The highest BCUT2D eigenvalue weighted by Crippen LogP contribution is 2.16. The molecule has 0 atom stereocenters. The van der Waals surface area contributed by atoms with Crippen LogP contribution in [0.1, 0.15) is 25.8 Å². The Morgan fingerprint density at radius 2 is 2.25 bits per heavy atom. The fourth-order valence-electron chi connectivity index (χ4n) is 1.40. The molecular weight excluding hydrogens is 268 g/mol. The Kier molecular flexibility index (Phi) is 5.22. The number of nitrogens with zero attached hydrogens (tertiary/aromatic N) is 1. The van der Waals surface area contributed by atoms with E-state index in [0.29, 0.717) is 5.88 Å². The van der Waals surface area contributed by atoms with Crippen LogP contribution in [0.3, 0.4) is 0 Å². The van der Waals surface area contributed by atoms with Crippen LogP contribution in [0, 0.1) is 0 Å². The molecule has 16 heavy (non-hydrogen) atoms. The standard InChI is InChI=1S/C12H19BrN2O/c1-12(2,6-7-13)15-9-10-5-4-8-14-11(10)16-3/h4-5,8,15H,6-7,9H2,1-3H3. The van der Waals surface area contributed by atoms with Crippen LogP contribution in [0.2, 0.25) is 0 Å². The zero-order chi connectivity index (χ0) is 12.0. The molecule has 90 valence electrons. The zero-order valence-electron chi connectivity index (χ0n) is 10.1. The molecular formula is C12H19BrN2O. The van der Waals surface area contributed by atoms with Crippen molar-refractivity contribution in [3.8, 4) is 5.88 Å². The van der Waals surface area contributed by atoms with E-state index in [1.54, 1.807) is 13.3 Å². The molecule has 1 aromatic heterocycles. The van der Waals surface area contributed by atoms with Crippen LogP contribution in [0.25, 0.3) is 0 Å². The first-order valence-electron chi connectivity index (χ1n) is 5.38. The van der Waals surface area contributed by atoms with Crippen LogP contribution in [-0.2, 0) is 6.54 Å². The number of ether oxygens (including phenoxy) is 1. The number of pyridine rings is 1. The lowest BCUT2D eigenvalue weighted by Gasteiger charge is -2.25. The van der Waals surface area contributed by atoms with Gasteiger partial charge in [-0.05, 0) is 26.3 Å². The van der Waals surface area contributed by atoms with Crippen molar-refractivity contribution in [1.82, 2.24) is 10.3 Å². The van der Waals surface area contributed by atoms with Gasteiger partial charge in [0.25, 0.3) is 0 Å². The van der Waals surface area contributed by atoms with E-state index in [9.17, 15) is 0 Å². The quantitative estimate of drug-likeness (QED) is 0.817. The van der Waals surface area contributed by atoms with Crippen LogP contribution in [0.15, 0.2) is 18.3 Å². The average Bonchev–Trinajstić information content (AvgIpc) is 2.27. The highest BCUT2D eigenvalue weighted by molar-refractivity contribution is 9.09. The van der Waals surface area contributed by atoms with Crippen LogP contribution in [0.4, 0.5) is 0 Å². The molecule has 1 aromatic rings. The van der Waals surface area contributed by atoms with Crippen LogP contribution in [-0.4, -0.2) is 23.0 Å². The highest BCUT2D eigenvalue weighted by Gasteiger charge is 2.16. The summed E-state index contributed by atoms with van der Waals surface area (Å²) in [6.07, 6.45) is 2.82. The molecule has 0 aliphatic rings. The number of hydrogen-bond donors (Lipinski definition) is 1. The Labute approximate surface area is 106 Å². The molecule has 0 saturated heterocycles. The van der Waals surface area contributed by atoms with Crippen molar-refractivity contribution in [2.75, 3.05) is 12.4 Å². The Morgan fingerprint density at radius 3 is 2.88 bits per heavy atom. The number of halogens is 1. The number of alkyl halides is 1. The predicted octanol–water partition coefficient (Wildman–Crippen LogP) is 2.74. The van der Waals surface area contributed by atoms with E-state index in [1.807, 2.05) is 12.1 Å². The largest absolute Gasteiger partial charge is 0.481 e. The first-order valence-corrected chi connectivity index (χ1v) is 6.50. The third-order valence-electron chi connectivity index (χ3n) is 2.52. The summed E-state index contributed by atoms with van der Waals surface area (Å²) in [4.78, 5) is 4.17.